The van der Waals surface area contributed by atoms with Gasteiger partial charge in [-0.05, 0) is 30.3 Å². The molecule has 3 N–H and O–H groups in total. The first-order valence-electron chi connectivity index (χ1n) is 6.16. The Balaban J connectivity index is 0.000000220. The number of carbonyl (C=O) groups is 1. The number of hydrogen-bond donors (Lipinski definition) is 2. The highest BCUT2D eigenvalue weighted by Crippen LogP contribution is 2.29. The molecule has 0 aliphatic carbocycles. The predicted octanol–water partition coefficient (Wildman–Crippen LogP) is 4.15. The number of nitrogens with one attached hydrogen (secondary N) is 1. The molecule has 2 aromatic carbocycles. The summed E-state index contributed by atoms with van der Waals surface area (Å²) < 4.78 is 35.7. The van der Waals surface area contributed by atoms with Crippen LogP contribution in [-0.4, -0.2) is 11.8 Å². The average Bonchev–Trinajstić information content (AvgIpc) is 2.48. The molecule has 3 nitrogen and oxygen atoms in total. The van der Waals surface area contributed by atoms with Gasteiger partial charge in [0, 0.05) is 11.4 Å². The third-order valence-corrected chi connectivity index (χ3v) is 2.64. The van der Waals surface area contributed by atoms with Crippen molar-refractivity contribution in [2.45, 2.75) is 6.18 Å². The van der Waals surface area contributed by atoms with E-state index in [1.807, 2.05) is 30.3 Å². The van der Waals surface area contributed by atoms with E-state index in [0.29, 0.717) is 0 Å². The Morgan fingerprint density at radius 1 is 1.09 bits per heavy atom. The van der Waals surface area contributed by atoms with Gasteiger partial charge in [0.05, 0.1) is 5.56 Å². The molecule has 0 unspecified atom stereocenters. The Hall–Kier alpha value is -2.21. The maximum atomic E-state index is 11.9. The van der Waals surface area contributed by atoms with Crippen LogP contribution in [0.5, 0.6) is 0 Å². The van der Waals surface area contributed by atoms with Gasteiger partial charge in [0.1, 0.15) is 5.88 Å². The molecule has 2 aromatic rings. The molecule has 0 saturated heterocycles. The van der Waals surface area contributed by atoms with Crippen LogP contribution in [0.15, 0.2) is 54.6 Å². The highest BCUT2D eigenvalue weighted by molar-refractivity contribution is 6.29. The third kappa shape index (κ3) is 6.49. The zero-order chi connectivity index (χ0) is 16.6. The Morgan fingerprint density at radius 2 is 1.73 bits per heavy atom. The first-order valence-corrected chi connectivity index (χ1v) is 6.70. The van der Waals surface area contributed by atoms with Crippen LogP contribution in [0, 0.1) is 0 Å². The molecule has 118 valence electrons. The highest BCUT2D eigenvalue weighted by Gasteiger charge is 2.30. The summed E-state index contributed by atoms with van der Waals surface area (Å²) in [7, 11) is 0. The smallest absolute Gasteiger partial charge is 0.399 e. The number of para-hydroxylation sites is 1. The second-order valence-corrected chi connectivity index (χ2v) is 4.44. The molecule has 0 saturated carbocycles. The number of halogens is 4. The van der Waals surface area contributed by atoms with E-state index in [9.17, 15) is 18.0 Å². The summed E-state index contributed by atoms with van der Waals surface area (Å²) in [5.74, 6) is -0.188. The van der Waals surface area contributed by atoms with Gasteiger partial charge in [0.25, 0.3) is 0 Å². The van der Waals surface area contributed by atoms with Crippen molar-refractivity contribution in [3.8, 4) is 0 Å². The first kappa shape index (κ1) is 17.8. The van der Waals surface area contributed by atoms with Crippen LogP contribution in [0.4, 0.5) is 24.5 Å². The summed E-state index contributed by atoms with van der Waals surface area (Å²) in [5.41, 5.74) is 5.35. The van der Waals surface area contributed by atoms with E-state index in [0.717, 1.165) is 17.8 Å². The number of anilines is 2. The van der Waals surface area contributed by atoms with Crippen LogP contribution >= 0.6 is 11.6 Å². The molecule has 22 heavy (non-hydrogen) atoms. The number of rotatable bonds is 2. The molecule has 0 atom stereocenters. The second kappa shape index (κ2) is 8.29. The monoisotopic (exact) mass is 330 g/mol. The Kier molecular flexibility index (Phi) is 6.72. The molecule has 1 amide bonds. The molecule has 0 bridgehead atoms. The minimum absolute atomic E-state index is 0.00507. The van der Waals surface area contributed by atoms with Crippen LogP contribution in [0.1, 0.15) is 5.56 Å². The van der Waals surface area contributed by atoms with Gasteiger partial charge < -0.3 is 11.1 Å². The molecule has 7 heteroatoms. The number of nitrogen functional groups attached to an aromatic ring is 1. The number of hydrogen-bond acceptors (Lipinski definition) is 2. The maximum Gasteiger partial charge on any atom is 0.416 e. The van der Waals surface area contributed by atoms with Gasteiger partial charge in [-0.2, -0.15) is 13.2 Å². The van der Waals surface area contributed by atoms with Crippen LogP contribution in [-0.2, 0) is 11.0 Å². The van der Waals surface area contributed by atoms with E-state index in [-0.39, 0.29) is 17.5 Å². The summed E-state index contributed by atoms with van der Waals surface area (Å²) in [5, 5.41) is 2.62. The number of benzene rings is 2. The summed E-state index contributed by atoms with van der Waals surface area (Å²) in [6.45, 7) is 0. The lowest BCUT2D eigenvalue weighted by Gasteiger charge is -2.05. The summed E-state index contributed by atoms with van der Waals surface area (Å²) in [4.78, 5) is 10.7. The van der Waals surface area contributed by atoms with E-state index >= 15 is 0 Å². The number of carbonyl (C=O) groups excluding carboxylic acids is 1. The van der Waals surface area contributed by atoms with Gasteiger partial charge in [-0.1, -0.05) is 24.3 Å². The van der Waals surface area contributed by atoms with E-state index in [1.165, 1.54) is 12.1 Å². The van der Waals surface area contributed by atoms with Gasteiger partial charge in [-0.15, -0.1) is 11.6 Å². The normalized spacial score (nSPS) is 10.4. The molecule has 0 aromatic heterocycles. The zero-order valence-electron chi connectivity index (χ0n) is 11.4. The molecule has 0 fully saturated rings. The lowest BCUT2D eigenvalue weighted by atomic mass is 10.2. The first-order chi connectivity index (χ1) is 10.3. The van der Waals surface area contributed by atoms with Gasteiger partial charge in [0.15, 0.2) is 0 Å². The molecule has 0 aliphatic heterocycles. The van der Waals surface area contributed by atoms with Crippen molar-refractivity contribution >= 4 is 28.9 Å². The molecule has 2 rings (SSSR count). The van der Waals surface area contributed by atoms with Crippen molar-refractivity contribution in [3.63, 3.8) is 0 Å². The zero-order valence-corrected chi connectivity index (χ0v) is 12.2. The summed E-state index contributed by atoms with van der Waals surface area (Å²) >= 11 is 5.29. The van der Waals surface area contributed by atoms with E-state index in [2.05, 4.69) is 5.32 Å². The standard InChI is InChI=1S/C8H8ClNO.C7H6F3N/c9-6-8(11)10-7-4-2-1-3-5-7;8-7(9,10)5-2-1-3-6(11)4-5/h1-5H,6H2,(H,10,11);1-4H,11H2. The van der Waals surface area contributed by atoms with Crippen molar-refractivity contribution in [2.75, 3.05) is 16.9 Å². The van der Waals surface area contributed by atoms with Crippen molar-refractivity contribution < 1.29 is 18.0 Å². The van der Waals surface area contributed by atoms with Gasteiger partial charge >= 0.3 is 6.18 Å². The predicted molar refractivity (Wildman–Crippen MR) is 81.6 cm³/mol. The van der Waals surface area contributed by atoms with Crippen molar-refractivity contribution in [2.24, 2.45) is 0 Å². The molecule has 0 aliphatic rings. The third-order valence-electron chi connectivity index (χ3n) is 2.39. The van der Waals surface area contributed by atoms with Gasteiger partial charge in [0.2, 0.25) is 5.91 Å². The number of nitrogens with two attached hydrogens (primary N) is 1. The van der Waals surface area contributed by atoms with Crippen molar-refractivity contribution in [1.29, 1.82) is 0 Å². The maximum absolute atomic E-state index is 11.9. The van der Waals surface area contributed by atoms with Crippen LogP contribution in [0.2, 0.25) is 0 Å². The second-order valence-electron chi connectivity index (χ2n) is 4.17. The molecular formula is C15H14ClF3N2O. The van der Waals surface area contributed by atoms with Crippen LogP contribution in [0.3, 0.4) is 0 Å². The highest BCUT2D eigenvalue weighted by atomic mass is 35.5. The van der Waals surface area contributed by atoms with Gasteiger partial charge in [-0.25, -0.2) is 0 Å². The Morgan fingerprint density at radius 3 is 2.18 bits per heavy atom. The quantitative estimate of drug-likeness (QED) is 0.642. The van der Waals surface area contributed by atoms with Gasteiger partial charge in [-0.3, -0.25) is 4.79 Å². The molecule has 0 spiro atoms. The minimum atomic E-state index is -4.30. The minimum Gasteiger partial charge on any atom is -0.399 e. The summed E-state index contributed by atoms with van der Waals surface area (Å²) in [6.07, 6.45) is -4.30. The van der Waals surface area contributed by atoms with Crippen molar-refractivity contribution in [3.05, 3.63) is 60.2 Å². The Bertz CT molecular complexity index is 603. The lowest BCUT2D eigenvalue weighted by Crippen LogP contribution is -2.12. The lowest BCUT2D eigenvalue weighted by molar-refractivity contribution is -0.137. The fraction of sp³-hybridized carbons (Fsp3) is 0.133. The largest absolute Gasteiger partial charge is 0.416 e. The SMILES string of the molecule is Nc1cccc(C(F)(F)F)c1.O=C(CCl)Nc1ccccc1. The molecule has 0 heterocycles. The number of alkyl halides is 4. The number of amides is 1. The summed E-state index contributed by atoms with van der Waals surface area (Å²) in [6, 6.07) is 13.8. The fourth-order valence-electron chi connectivity index (χ4n) is 1.43. The van der Waals surface area contributed by atoms with Crippen molar-refractivity contribution in [1.82, 2.24) is 0 Å². The van der Waals surface area contributed by atoms with Crippen LogP contribution in [0.25, 0.3) is 0 Å². The molecule has 0 radical (unpaired) electrons. The Labute approximate surface area is 130 Å². The van der Waals surface area contributed by atoms with E-state index in [4.69, 9.17) is 17.3 Å². The average molecular weight is 331 g/mol. The van der Waals surface area contributed by atoms with E-state index < -0.39 is 11.7 Å². The fourth-order valence-corrected chi connectivity index (χ4v) is 1.50. The van der Waals surface area contributed by atoms with E-state index in [1.54, 1.807) is 0 Å². The topological polar surface area (TPSA) is 55.1 Å². The van der Waals surface area contributed by atoms with Crippen LogP contribution < -0.4 is 11.1 Å². The molecular weight excluding hydrogens is 317 g/mol.